The standard InChI is InChI=1S/C15H32N2O/c1-5-14(3)17(10-11-18-4)15(12-16)9-7-6-8-13(15)2/h13-14H,5-12,16H2,1-4H3. The van der Waals surface area contributed by atoms with Crippen LogP contribution in [0.4, 0.5) is 0 Å². The van der Waals surface area contributed by atoms with Gasteiger partial charge in [0, 0.05) is 31.8 Å². The fourth-order valence-electron chi connectivity index (χ4n) is 3.54. The molecular formula is C15H32N2O. The van der Waals surface area contributed by atoms with Crippen LogP contribution in [0.5, 0.6) is 0 Å². The minimum Gasteiger partial charge on any atom is -0.383 e. The van der Waals surface area contributed by atoms with E-state index in [2.05, 4.69) is 25.7 Å². The number of ether oxygens (including phenoxy) is 1. The van der Waals surface area contributed by atoms with E-state index in [1.807, 2.05) is 0 Å². The van der Waals surface area contributed by atoms with Gasteiger partial charge in [-0.1, -0.05) is 26.7 Å². The van der Waals surface area contributed by atoms with E-state index in [1.165, 1.54) is 32.1 Å². The van der Waals surface area contributed by atoms with Crippen LogP contribution in [-0.2, 0) is 4.74 Å². The summed E-state index contributed by atoms with van der Waals surface area (Å²) in [6.07, 6.45) is 6.43. The van der Waals surface area contributed by atoms with Gasteiger partial charge in [0.2, 0.25) is 0 Å². The van der Waals surface area contributed by atoms with Gasteiger partial charge in [0.05, 0.1) is 6.61 Å². The van der Waals surface area contributed by atoms with Crippen LogP contribution >= 0.6 is 0 Å². The lowest BCUT2D eigenvalue weighted by Crippen LogP contribution is -2.62. The summed E-state index contributed by atoms with van der Waals surface area (Å²) in [4.78, 5) is 2.64. The summed E-state index contributed by atoms with van der Waals surface area (Å²) in [5, 5.41) is 0. The van der Waals surface area contributed by atoms with Crippen molar-refractivity contribution in [2.45, 2.75) is 64.5 Å². The molecule has 0 heterocycles. The minimum absolute atomic E-state index is 0.201. The fraction of sp³-hybridized carbons (Fsp3) is 1.00. The molecule has 1 fully saturated rings. The first kappa shape index (κ1) is 15.9. The molecular weight excluding hydrogens is 224 g/mol. The first-order valence-corrected chi connectivity index (χ1v) is 7.58. The predicted octanol–water partition coefficient (Wildman–Crippen LogP) is 2.64. The fourth-order valence-corrected chi connectivity index (χ4v) is 3.54. The summed E-state index contributed by atoms with van der Waals surface area (Å²) in [6.45, 7) is 9.57. The molecule has 1 rings (SSSR count). The Balaban J connectivity index is 2.89. The maximum Gasteiger partial charge on any atom is 0.0590 e. The highest BCUT2D eigenvalue weighted by molar-refractivity contribution is 4.99. The maximum absolute atomic E-state index is 6.21. The Kier molecular flexibility index (Phi) is 6.61. The van der Waals surface area contributed by atoms with Crippen molar-refractivity contribution in [3.63, 3.8) is 0 Å². The van der Waals surface area contributed by atoms with Crippen LogP contribution < -0.4 is 5.73 Å². The Morgan fingerprint density at radius 2 is 2.17 bits per heavy atom. The van der Waals surface area contributed by atoms with E-state index in [4.69, 9.17) is 10.5 Å². The van der Waals surface area contributed by atoms with E-state index in [-0.39, 0.29) is 5.54 Å². The van der Waals surface area contributed by atoms with Crippen molar-refractivity contribution in [1.29, 1.82) is 0 Å². The monoisotopic (exact) mass is 256 g/mol. The zero-order valence-corrected chi connectivity index (χ0v) is 12.7. The highest BCUT2D eigenvalue weighted by Gasteiger charge is 2.43. The van der Waals surface area contributed by atoms with Gasteiger partial charge < -0.3 is 10.5 Å². The molecule has 0 amide bonds. The molecule has 3 heteroatoms. The largest absolute Gasteiger partial charge is 0.383 e. The van der Waals surface area contributed by atoms with E-state index in [9.17, 15) is 0 Å². The van der Waals surface area contributed by atoms with Crippen LogP contribution in [0.1, 0.15) is 52.9 Å². The Labute approximate surface area is 113 Å². The van der Waals surface area contributed by atoms with Crippen LogP contribution in [0, 0.1) is 5.92 Å². The van der Waals surface area contributed by atoms with Gasteiger partial charge in [-0.3, -0.25) is 4.90 Å². The van der Waals surface area contributed by atoms with Crippen molar-refractivity contribution >= 4 is 0 Å². The van der Waals surface area contributed by atoms with Gasteiger partial charge in [-0.25, -0.2) is 0 Å². The summed E-state index contributed by atoms with van der Waals surface area (Å²) in [5.41, 5.74) is 6.41. The SMILES string of the molecule is CCC(C)N(CCOC)C1(CN)CCCCC1C. The molecule has 108 valence electrons. The van der Waals surface area contributed by atoms with Crippen LogP contribution in [0.2, 0.25) is 0 Å². The lowest BCUT2D eigenvalue weighted by Gasteiger charge is -2.52. The number of hydrogen-bond acceptors (Lipinski definition) is 3. The average molecular weight is 256 g/mol. The topological polar surface area (TPSA) is 38.5 Å². The van der Waals surface area contributed by atoms with E-state index in [1.54, 1.807) is 7.11 Å². The molecule has 0 radical (unpaired) electrons. The highest BCUT2D eigenvalue weighted by atomic mass is 16.5. The predicted molar refractivity (Wildman–Crippen MR) is 77.8 cm³/mol. The second-order valence-corrected chi connectivity index (χ2v) is 5.90. The van der Waals surface area contributed by atoms with Gasteiger partial charge >= 0.3 is 0 Å². The van der Waals surface area contributed by atoms with Crippen molar-refractivity contribution in [2.24, 2.45) is 11.7 Å². The summed E-state index contributed by atoms with van der Waals surface area (Å²) in [6, 6.07) is 0.587. The molecule has 3 unspecified atom stereocenters. The molecule has 0 saturated heterocycles. The first-order valence-electron chi connectivity index (χ1n) is 7.58. The van der Waals surface area contributed by atoms with Gasteiger partial charge in [0.25, 0.3) is 0 Å². The van der Waals surface area contributed by atoms with Crippen molar-refractivity contribution in [2.75, 3.05) is 26.8 Å². The number of hydrogen-bond donors (Lipinski definition) is 1. The third-order valence-electron chi connectivity index (χ3n) is 5.00. The van der Waals surface area contributed by atoms with E-state index in [0.29, 0.717) is 12.0 Å². The lowest BCUT2D eigenvalue weighted by molar-refractivity contribution is -0.0282. The lowest BCUT2D eigenvalue weighted by atomic mass is 9.71. The Morgan fingerprint density at radius 1 is 1.44 bits per heavy atom. The quantitative estimate of drug-likeness (QED) is 0.761. The van der Waals surface area contributed by atoms with E-state index < -0.39 is 0 Å². The third kappa shape index (κ3) is 3.25. The highest BCUT2D eigenvalue weighted by Crippen LogP contribution is 2.39. The molecule has 3 nitrogen and oxygen atoms in total. The second kappa shape index (κ2) is 7.46. The van der Waals surface area contributed by atoms with Crippen molar-refractivity contribution < 1.29 is 4.74 Å². The van der Waals surface area contributed by atoms with Gasteiger partial charge in [-0.15, -0.1) is 0 Å². The van der Waals surface area contributed by atoms with E-state index in [0.717, 1.165) is 19.7 Å². The molecule has 3 atom stereocenters. The van der Waals surface area contributed by atoms with Gasteiger partial charge in [-0.2, -0.15) is 0 Å². The number of methoxy groups -OCH3 is 1. The summed E-state index contributed by atoms with van der Waals surface area (Å²) >= 11 is 0. The van der Waals surface area contributed by atoms with Crippen LogP contribution in [-0.4, -0.2) is 43.3 Å². The smallest absolute Gasteiger partial charge is 0.0590 e. The summed E-state index contributed by atoms with van der Waals surface area (Å²) in [7, 11) is 1.79. The number of nitrogens with two attached hydrogens (primary N) is 1. The van der Waals surface area contributed by atoms with Gasteiger partial charge in [0.1, 0.15) is 0 Å². The molecule has 0 aromatic carbocycles. The molecule has 18 heavy (non-hydrogen) atoms. The van der Waals surface area contributed by atoms with Crippen LogP contribution in [0.15, 0.2) is 0 Å². The Bertz CT molecular complexity index is 235. The summed E-state index contributed by atoms with van der Waals surface area (Å²) < 4.78 is 5.30. The normalized spacial score (nSPS) is 30.7. The molecule has 0 aromatic rings. The van der Waals surface area contributed by atoms with Gasteiger partial charge in [0.15, 0.2) is 0 Å². The van der Waals surface area contributed by atoms with Crippen molar-refractivity contribution in [1.82, 2.24) is 4.90 Å². The number of rotatable bonds is 7. The molecule has 1 aliphatic rings. The average Bonchev–Trinajstić information content (AvgIpc) is 2.40. The molecule has 2 N–H and O–H groups in total. The molecule has 0 bridgehead atoms. The maximum atomic E-state index is 6.21. The second-order valence-electron chi connectivity index (χ2n) is 5.90. The zero-order valence-electron chi connectivity index (χ0n) is 12.7. The van der Waals surface area contributed by atoms with Crippen molar-refractivity contribution in [3.8, 4) is 0 Å². The molecule has 0 aliphatic heterocycles. The molecule has 1 saturated carbocycles. The van der Waals surface area contributed by atoms with Crippen molar-refractivity contribution in [3.05, 3.63) is 0 Å². The van der Waals surface area contributed by atoms with E-state index >= 15 is 0 Å². The summed E-state index contributed by atoms with van der Waals surface area (Å²) in [5.74, 6) is 0.696. The molecule has 1 aliphatic carbocycles. The Hall–Kier alpha value is -0.120. The Morgan fingerprint density at radius 3 is 2.67 bits per heavy atom. The molecule has 0 aromatic heterocycles. The van der Waals surface area contributed by atoms with Crippen LogP contribution in [0.25, 0.3) is 0 Å². The first-order chi connectivity index (χ1) is 8.62. The van der Waals surface area contributed by atoms with Crippen LogP contribution in [0.3, 0.4) is 0 Å². The minimum atomic E-state index is 0.201. The zero-order chi connectivity index (χ0) is 13.6. The number of nitrogens with zero attached hydrogens (tertiary/aromatic N) is 1. The van der Waals surface area contributed by atoms with Gasteiger partial charge in [-0.05, 0) is 32.1 Å². The molecule has 0 spiro atoms. The third-order valence-corrected chi connectivity index (χ3v) is 5.00.